The lowest BCUT2D eigenvalue weighted by Crippen LogP contribution is -2.40. The number of hydrogen-bond donors (Lipinski definition) is 0. The zero-order chi connectivity index (χ0) is 15.2. The molecule has 0 N–H and O–H groups in total. The third kappa shape index (κ3) is 5.49. The average Bonchev–Trinajstić information content (AvgIpc) is 2.38. The van der Waals surface area contributed by atoms with Crippen molar-refractivity contribution in [2.75, 3.05) is 19.7 Å². The molecule has 1 fully saturated rings. The van der Waals surface area contributed by atoms with Crippen molar-refractivity contribution in [3.05, 3.63) is 0 Å². The molecule has 5 nitrogen and oxygen atoms in total. The Labute approximate surface area is 121 Å². The highest BCUT2D eigenvalue weighted by atomic mass is 16.7. The number of esters is 1. The molecule has 0 saturated carbocycles. The van der Waals surface area contributed by atoms with Crippen LogP contribution in [0.5, 0.6) is 0 Å². The first-order valence-corrected chi connectivity index (χ1v) is 7.48. The summed E-state index contributed by atoms with van der Waals surface area (Å²) in [6.07, 6.45) is 3.30. The molecule has 0 aromatic rings. The maximum Gasteiger partial charge on any atom is 0.330 e. The summed E-state index contributed by atoms with van der Waals surface area (Å²) in [6.45, 7) is 9.24. The molecule has 1 aliphatic heterocycles. The normalized spacial score (nSPS) is 17.8. The minimum Gasteiger partial charge on any atom is -0.465 e. The predicted molar refractivity (Wildman–Crippen MR) is 75.7 cm³/mol. The van der Waals surface area contributed by atoms with Crippen molar-refractivity contribution in [1.29, 1.82) is 0 Å². The Morgan fingerprint density at radius 1 is 1.20 bits per heavy atom. The molecule has 0 bridgehead atoms. The molecule has 1 saturated heterocycles. The van der Waals surface area contributed by atoms with E-state index < -0.39 is 5.41 Å². The minimum atomic E-state index is -0.504. The number of hydroxylamine groups is 2. The van der Waals surface area contributed by atoms with Crippen LogP contribution in [0.25, 0.3) is 0 Å². The number of hydrogen-bond acceptors (Lipinski definition) is 5. The predicted octanol–water partition coefficient (Wildman–Crippen LogP) is 2.55. The Balaban J connectivity index is 2.29. The summed E-state index contributed by atoms with van der Waals surface area (Å²) in [6, 6.07) is 0. The number of piperidine rings is 1. The molecule has 20 heavy (non-hydrogen) atoms. The second kappa shape index (κ2) is 7.62. The van der Waals surface area contributed by atoms with Crippen LogP contribution in [0.3, 0.4) is 0 Å². The summed E-state index contributed by atoms with van der Waals surface area (Å²) in [5.74, 6) is -0.404. The second-order valence-corrected chi connectivity index (χ2v) is 6.35. The number of nitrogens with zero attached hydrogens (tertiary/aromatic N) is 1. The van der Waals surface area contributed by atoms with E-state index in [0.717, 1.165) is 12.8 Å². The minimum absolute atomic E-state index is 0.0588. The van der Waals surface area contributed by atoms with Crippen molar-refractivity contribution < 1.29 is 19.2 Å². The van der Waals surface area contributed by atoms with Gasteiger partial charge in [0.25, 0.3) is 0 Å². The van der Waals surface area contributed by atoms with Crippen LogP contribution >= 0.6 is 0 Å². The summed E-state index contributed by atoms with van der Waals surface area (Å²) in [5.41, 5.74) is -0.504. The molecule has 1 heterocycles. The van der Waals surface area contributed by atoms with Crippen molar-refractivity contribution >= 4 is 11.9 Å². The number of ether oxygens (including phenoxy) is 1. The van der Waals surface area contributed by atoms with Gasteiger partial charge in [0.2, 0.25) is 0 Å². The van der Waals surface area contributed by atoms with Crippen molar-refractivity contribution in [1.82, 2.24) is 5.06 Å². The fourth-order valence-corrected chi connectivity index (χ4v) is 1.87. The van der Waals surface area contributed by atoms with Gasteiger partial charge in [-0.3, -0.25) is 4.79 Å². The zero-order valence-corrected chi connectivity index (χ0v) is 13.1. The Morgan fingerprint density at radius 2 is 1.80 bits per heavy atom. The first-order valence-electron chi connectivity index (χ1n) is 7.48. The Hall–Kier alpha value is -1.10. The van der Waals surface area contributed by atoms with E-state index in [2.05, 4.69) is 6.92 Å². The van der Waals surface area contributed by atoms with Crippen LogP contribution in [0.2, 0.25) is 0 Å². The van der Waals surface area contributed by atoms with Gasteiger partial charge in [-0.25, -0.2) is 4.79 Å². The van der Waals surface area contributed by atoms with Crippen molar-refractivity contribution in [2.45, 2.75) is 53.4 Å². The van der Waals surface area contributed by atoms with Gasteiger partial charge in [-0.2, -0.15) is 0 Å². The Morgan fingerprint density at radius 3 is 2.30 bits per heavy atom. The molecule has 0 aromatic heterocycles. The molecule has 0 spiro atoms. The second-order valence-electron chi connectivity index (χ2n) is 6.35. The van der Waals surface area contributed by atoms with E-state index in [-0.39, 0.29) is 17.9 Å². The highest BCUT2D eigenvalue weighted by molar-refractivity contribution is 5.75. The molecular weight excluding hydrogens is 258 g/mol. The maximum absolute atomic E-state index is 11.8. The molecular formula is C15H27NO4. The average molecular weight is 285 g/mol. The fourth-order valence-electron chi connectivity index (χ4n) is 1.87. The van der Waals surface area contributed by atoms with E-state index in [1.165, 1.54) is 0 Å². The highest BCUT2D eigenvalue weighted by Crippen LogP contribution is 2.22. The Bertz CT molecular complexity index is 327. The lowest BCUT2D eigenvalue weighted by molar-refractivity contribution is -0.206. The van der Waals surface area contributed by atoms with Crippen molar-refractivity contribution in [2.24, 2.45) is 11.3 Å². The summed E-state index contributed by atoms with van der Waals surface area (Å²) in [5, 5.41) is 1.66. The van der Waals surface area contributed by atoms with E-state index >= 15 is 0 Å². The monoisotopic (exact) mass is 285 g/mol. The van der Waals surface area contributed by atoms with Gasteiger partial charge in [-0.15, -0.1) is 5.06 Å². The van der Waals surface area contributed by atoms with E-state index in [0.29, 0.717) is 32.5 Å². The molecule has 1 aliphatic rings. The van der Waals surface area contributed by atoms with E-state index in [1.807, 2.05) is 20.8 Å². The van der Waals surface area contributed by atoms with Crippen LogP contribution in [0.4, 0.5) is 0 Å². The van der Waals surface area contributed by atoms with E-state index in [4.69, 9.17) is 9.57 Å². The summed E-state index contributed by atoms with van der Waals surface area (Å²) in [4.78, 5) is 28.9. The molecule has 0 radical (unpaired) electrons. The van der Waals surface area contributed by atoms with Gasteiger partial charge >= 0.3 is 11.9 Å². The number of carbonyl (C=O) groups excluding carboxylic acids is 2. The van der Waals surface area contributed by atoms with Crippen LogP contribution in [0.15, 0.2) is 0 Å². The van der Waals surface area contributed by atoms with Crippen LogP contribution in [0, 0.1) is 11.3 Å². The van der Waals surface area contributed by atoms with E-state index in [9.17, 15) is 9.59 Å². The van der Waals surface area contributed by atoms with Crippen LogP contribution in [-0.2, 0) is 19.2 Å². The third-order valence-electron chi connectivity index (χ3n) is 3.35. The number of rotatable bonds is 5. The van der Waals surface area contributed by atoms with Gasteiger partial charge in [-0.1, -0.05) is 13.3 Å². The highest BCUT2D eigenvalue weighted by Gasteiger charge is 2.30. The van der Waals surface area contributed by atoms with Gasteiger partial charge in [-0.05, 0) is 40.0 Å². The largest absolute Gasteiger partial charge is 0.465 e. The maximum atomic E-state index is 11.8. The molecule has 0 amide bonds. The summed E-state index contributed by atoms with van der Waals surface area (Å²) < 4.78 is 5.23. The lowest BCUT2D eigenvalue weighted by atomic mass is 9.97. The fraction of sp³-hybridized carbons (Fsp3) is 0.867. The quantitative estimate of drug-likeness (QED) is 0.574. The van der Waals surface area contributed by atoms with Gasteiger partial charge < -0.3 is 9.57 Å². The van der Waals surface area contributed by atoms with Gasteiger partial charge in [0.05, 0.1) is 17.9 Å². The SMILES string of the molecule is CCCCOC(=O)C1CCN(OC(=O)C(C)(C)C)CC1. The van der Waals surface area contributed by atoms with Gasteiger partial charge in [0, 0.05) is 13.1 Å². The first kappa shape index (κ1) is 17.0. The van der Waals surface area contributed by atoms with Crippen LogP contribution in [0.1, 0.15) is 53.4 Å². The van der Waals surface area contributed by atoms with Crippen molar-refractivity contribution in [3.63, 3.8) is 0 Å². The van der Waals surface area contributed by atoms with Crippen LogP contribution in [-0.4, -0.2) is 36.7 Å². The molecule has 116 valence electrons. The van der Waals surface area contributed by atoms with Gasteiger partial charge in [0.1, 0.15) is 0 Å². The molecule has 0 unspecified atom stereocenters. The smallest absolute Gasteiger partial charge is 0.330 e. The topological polar surface area (TPSA) is 55.8 Å². The van der Waals surface area contributed by atoms with Crippen molar-refractivity contribution in [3.8, 4) is 0 Å². The molecule has 5 heteroatoms. The summed E-state index contributed by atoms with van der Waals surface area (Å²) >= 11 is 0. The molecule has 1 rings (SSSR count). The molecule has 0 aromatic carbocycles. The number of carbonyl (C=O) groups is 2. The van der Waals surface area contributed by atoms with Gasteiger partial charge in [0.15, 0.2) is 0 Å². The van der Waals surface area contributed by atoms with Crippen LogP contribution < -0.4 is 0 Å². The molecule has 0 atom stereocenters. The number of unbranched alkanes of at least 4 members (excludes halogenated alkanes) is 1. The lowest BCUT2D eigenvalue weighted by Gasteiger charge is -2.31. The first-order chi connectivity index (χ1) is 9.34. The molecule has 0 aliphatic carbocycles. The third-order valence-corrected chi connectivity index (χ3v) is 3.35. The standard InChI is InChI=1S/C15H27NO4/c1-5-6-11-19-13(17)12-7-9-16(10-8-12)20-14(18)15(2,3)4/h12H,5-11H2,1-4H3. The zero-order valence-electron chi connectivity index (χ0n) is 13.1. The Kier molecular flexibility index (Phi) is 6.46. The van der Waals surface area contributed by atoms with E-state index in [1.54, 1.807) is 5.06 Å². The summed E-state index contributed by atoms with van der Waals surface area (Å²) in [7, 11) is 0.